The zero-order valence-electron chi connectivity index (χ0n) is 28.2. The second kappa shape index (κ2) is 18.2. The molecule has 0 radical (unpaired) electrons. The molecule has 0 N–H and O–H groups in total. The monoisotopic (exact) mass is 704 g/mol. The molecular formula is C30H40O19. The van der Waals surface area contributed by atoms with Crippen LogP contribution in [0, 0.1) is 0 Å². The Balaban J connectivity index is 2.76. The largest absolute Gasteiger partial charge is 0.463 e. The van der Waals surface area contributed by atoms with E-state index in [1.165, 1.54) is 6.92 Å². The van der Waals surface area contributed by atoms with Gasteiger partial charge in [0, 0.05) is 54.0 Å². The Morgan fingerprint density at radius 3 is 1.20 bits per heavy atom. The molecule has 0 aliphatic carbocycles. The first kappa shape index (κ1) is 40.6. The summed E-state index contributed by atoms with van der Waals surface area (Å²) in [7, 11) is 0. The van der Waals surface area contributed by atoms with Gasteiger partial charge < -0.3 is 52.1 Å². The smallest absolute Gasteiger partial charge is 0.335 e. The molecule has 2 aliphatic rings. The van der Waals surface area contributed by atoms with Gasteiger partial charge in [0.05, 0.1) is 0 Å². The molecule has 0 spiro atoms. The van der Waals surface area contributed by atoms with E-state index in [0.29, 0.717) is 0 Å². The van der Waals surface area contributed by atoms with Gasteiger partial charge in [0.25, 0.3) is 0 Å². The molecule has 0 saturated carbocycles. The van der Waals surface area contributed by atoms with Gasteiger partial charge in [-0.15, -0.1) is 0 Å². The first-order chi connectivity index (χ1) is 22.8. The average Bonchev–Trinajstić information content (AvgIpc) is 2.95. The van der Waals surface area contributed by atoms with Crippen molar-refractivity contribution < 1.29 is 90.5 Å². The third-order valence-electron chi connectivity index (χ3n) is 6.46. The summed E-state index contributed by atoms with van der Waals surface area (Å²) in [6.07, 6.45) is -16.6. The zero-order valence-corrected chi connectivity index (χ0v) is 28.2. The molecule has 0 aromatic rings. The van der Waals surface area contributed by atoms with E-state index >= 15 is 0 Å². The van der Waals surface area contributed by atoms with Gasteiger partial charge in [0.1, 0.15) is 31.5 Å². The summed E-state index contributed by atoms with van der Waals surface area (Å²) < 4.78 is 60.6. The van der Waals surface area contributed by atoms with Crippen molar-refractivity contribution in [1.29, 1.82) is 0 Å². The first-order valence-corrected chi connectivity index (χ1v) is 14.8. The highest BCUT2D eigenvalue weighted by atomic mass is 16.8. The lowest BCUT2D eigenvalue weighted by Crippen LogP contribution is -2.67. The van der Waals surface area contributed by atoms with E-state index in [1.807, 2.05) is 0 Å². The van der Waals surface area contributed by atoms with Crippen LogP contribution in [-0.4, -0.2) is 122 Å². The van der Waals surface area contributed by atoms with Crippen LogP contribution in [0.2, 0.25) is 0 Å². The number of rotatable bonds is 13. The molecule has 2 saturated heterocycles. The quantitative estimate of drug-likeness (QED) is 0.136. The van der Waals surface area contributed by atoms with Crippen molar-refractivity contribution >= 4 is 47.8 Å². The summed E-state index contributed by atoms with van der Waals surface area (Å²) in [6, 6.07) is 0. The SMILES string of the molecule is C=C(C)C(=O)OC1O[C@H](COC(C)=O)[C@@H](O[C@@H]2O[C@H](COC(C)=O)[C@H](OC(C)=O)[C@H](OC(C)=O)[C@H]2OC(C)=O)[C@H](OC(C)=O)[C@H]1OC(C)=O. The Morgan fingerprint density at radius 1 is 0.449 bits per heavy atom. The molecule has 0 aromatic carbocycles. The topological polar surface area (TPSA) is 238 Å². The standard InChI is InChI=1S/C30H40O19/c1-12(2)28(38)49-30-27(45-19(9)37)25(43-17(7)35)23(21(47-30)11-40-14(4)32)48-29-26(44-18(8)36)24(42-16(6)34)22(41-15(5)33)20(46-29)10-39-13(3)31/h20-27,29-30H,1,10-11H2,2-9H3/t20-,21-,22+,23-,24+,25+,26-,27-,29+,30?/m1/s1. The molecular weight excluding hydrogens is 664 g/mol. The van der Waals surface area contributed by atoms with Crippen LogP contribution in [0.4, 0.5) is 0 Å². The average molecular weight is 705 g/mol. The second-order valence-electron chi connectivity index (χ2n) is 10.8. The Morgan fingerprint density at radius 2 is 0.796 bits per heavy atom. The predicted molar refractivity (Wildman–Crippen MR) is 154 cm³/mol. The van der Waals surface area contributed by atoms with E-state index < -0.39 is 122 Å². The fourth-order valence-electron chi connectivity index (χ4n) is 4.77. The fraction of sp³-hybridized carbons (Fsp3) is 0.667. The van der Waals surface area contributed by atoms with Gasteiger partial charge >= 0.3 is 47.8 Å². The van der Waals surface area contributed by atoms with Gasteiger partial charge in [-0.3, -0.25) is 33.6 Å². The summed E-state index contributed by atoms with van der Waals surface area (Å²) >= 11 is 0. The van der Waals surface area contributed by atoms with E-state index in [0.717, 1.165) is 48.5 Å². The number of ether oxygens (including phenoxy) is 11. The lowest BCUT2D eigenvalue weighted by Gasteiger charge is -2.48. The molecule has 49 heavy (non-hydrogen) atoms. The number of esters is 8. The van der Waals surface area contributed by atoms with Gasteiger partial charge in [-0.05, 0) is 6.92 Å². The lowest BCUT2D eigenvalue weighted by molar-refractivity contribution is -0.357. The molecule has 2 fully saturated rings. The summed E-state index contributed by atoms with van der Waals surface area (Å²) in [6.45, 7) is 10.8. The van der Waals surface area contributed by atoms with Crippen LogP contribution in [-0.2, 0) is 90.5 Å². The minimum Gasteiger partial charge on any atom is -0.463 e. The molecule has 2 aliphatic heterocycles. The van der Waals surface area contributed by atoms with Crippen molar-refractivity contribution in [3.05, 3.63) is 12.2 Å². The van der Waals surface area contributed by atoms with Gasteiger partial charge in [-0.1, -0.05) is 6.58 Å². The normalized spacial score (nSPS) is 29.2. The highest BCUT2D eigenvalue weighted by molar-refractivity contribution is 5.87. The summed E-state index contributed by atoms with van der Waals surface area (Å²) in [5, 5.41) is 0. The molecule has 0 amide bonds. The van der Waals surface area contributed by atoms with Crippen molar-refractivity contribution in [3.8, 4) is 0 Å². The maximum absolute atomic E-state index is 12.5. The van der Waals surface area contributed by atoms with Crippen LogP contribution in [0.5, 0.6) is 0 Å². The van der Waals surface area contributed by atoms with Crippen molar-refractivity contribution in [2.45, 2.75) is 117 Å². The van der Waals surface area contributed by atoms with Crippen LogP contribution >= 0.6 is 0 Å². The minimum absolute atomic E-state index is 0.0818. The van der Waals surface area contributed by atoms with E-state index in [9.17, 15) is 38.4 Å². The summed E-state index contributed by atoms with van der Waals surface area (Å²) in [5.74, 6) is -7.19. The highest BCUT2D eigenvalue weighted by Gasteiger charge is 2.58. The van der Waals surface area contributed by atoms with Gasteiger partial charge in [0.15, 0.2) is 30.7 Å². The maximum atomic E-state index is 12.5. The molecule has 2 heterocycles. The van der Waals surface area contributed by atoms with Crippen molar-refractivity contribution in [3.63, 3.8) is 0 Å². The van der Waals surface area contributed by atoms with Crippen molar-refractivity contribution in [2.75, 3.05) is 13.2 Å². The molecule has 10 atom stereocenters. The third-order valence-corrected chi connectivity index (χ3v) is 6.46. The number of hydrogen-bond donors (Lipinski definition) is 0. The fourth-order valence-corrected chi connectivity index (χ4v) is 4.77. The van der Waals surface area contributed by atoms with Crippen LogP contribution < -0.4 is 0 Å². The second-order valence-corrected chi connectivity index (χ2v) is 10.8. The van der Waals surface area contributed by atoms with E-state index in [1.54, 1.807) is 0 Å². The molecule has 274 valence electrons. The minimum atomic E-state index is -1.85. The number of carbonyl (C=O) groups excluding carboxylic acids is 8. The Bertz CT molecular complexity index is 1290. The first-order valence-electron chi connectivity index (χ1n) is 14.8. The predicted octanol–water partition coefficient (Wildman–Crippen LogP) is -0.275. The third kappa shape index (κ3) is 12.4. The van der Waals surface area contributed by atoms with Crippen LogP contribution in [0.25, 0.3) is 0 Å². The molecule has 2 rings (SSSR count). The zero-order chi connectivity index (χ0) is 37.2. The van der Waals surface area contributed by atoms with Crippen LogP contribution in [0.1, 0.15) is 55.4 Å². The van der Waals surface area contributed by atoms with E-state index in [2.05, 4.69) is 6.58 Å². The molecule has 1 unspecified atom stereocenters. The van der Waals surface area contributed by atoms with Crippen LogP contribution in [0.3, 0.4) is 0 Å². The van der Waals surface area contributed by atoms with Crippen molar-refractivity contribution in [2.24, 2.45) is 0 Å². The van der Waals surface area contributed by atoms with Gasteiger partial charge in [-0.2, -0.15) is 0 Å². The number of hydrogen-bond acceptors (Lipinski definition) is 19. The molecule has 19 heteroatoms. The van der Waals surface area contributed by atoms with E-state index in [4.69, 9.17) is 52.1 Å². The van der Waals surface area contributed by atoms with Gasteiger partial charge in [-0.25, -0.2) is 4.79 Å². The highest BCUT2D eigenvalue weighted by Crippen LogP contribution is 2.35. The molecule has 0 aromatic heterocycles. The van der Waals surface area contributed by atoms with Crippen molar-refractivity contribution in [1.82, 2.24) is 0 Å². The lowest BCUT2D eigenvalue weighted by atomic mass is 9.96. The maximum Gasteiger partial charge on any atom is 0.335 e. The van der Waals surface area contributed by atoms with Gasteiger partial charge in [0.2, 0.25) is 12.4 Å². The Labute approximate surface area is 280 Å². The molecule has 0 bridgehead atoms. The van der Waals surface area contributed by atoms with Crippen LogP contribution in [0.15, 0.2) is 12.2 Å². The summed E-state index contributed by atoms with van der Waals surface area (Å²) in [5.41, 5.74) is -0.0818. The Kier molecular flexibility index (Phi) is 15.1. The Hall–Kier alpha value is -4.62. The molecule has 19 nitrogen and oxygen atoms in total. The number of carbonyl (C=O) groups is 8. The van der Waals surface area contributed by atoms with E-state index in [-0.39, 0.29) is 5.57 Å². The summed E-state index contributed by atoms with van der Waals surface area (Å²) in [4.78, 5) is 97.3.